The molecule has 0 unspecified atom stereocenters. The third-order valence-corrected chi connectivity index (χ3v) is 6.65. The van der Waals surface area contributed by atoms with Crippen molar-refractivity contribution in [3.8, 4) is 11.5 Å². The Hall–Kier alpha value is -3.33. The molecule has 2 aromatic carbocycles. The number of ether oxygens (including phenoxy) is 2. The zero-order valence-corrected chi connectivity index (χ0v) is 20.2. The van der Waals surface area contributed by atoms with Gasteiger partial charge < -0.3 is 19.4 Å². The largest absolute Gasteiger partial charge is 0.493 e. The SMILES string of the molecule is COc1cc([C@@H]2CC(=O)Nc3c2c(=O)nc(SCc2ccccc2F)n3C)ccc1OC(C)C. The van der Waals surface area contributed by atoms with Crippen LogP contribution in [0.25, 0.3) is 0 Å². The van der Waals surface area contributed by atoms with Gasteiger partial charge in [-0.05, 0) is 43.2 Å². The van der Waals surface area contributed by atoms with E-state index in [2.05, 4.69) is 10.3 Å². The number of amides is 1. The molecule has 3 aromatic rings. The van der Waals surface area contributed by atoms with E-state index in [4.69, 9.17) is 9.47 Å². The summed E-state index contributed by atoms with van der Waals surface area (Å²) < 4.78 is 27.0. The first-order valence-corrected chi connectivity index (χ1v) is 11.9. The van der Waals surface area contributed by atoms with Crippen LogP contribution in [0.3, 0.4) is 0 Å². The van der Waals surface area contributed by atoms with Crippen molar-refractivity contribution in [1.82, 2.24) is 9.55 Å². The molecule has 34 heavy (non-hydrogen) atoms. The van der Waals surface area contributed by atoms with Crippen LogP contribution in [-0.2, 0) is 17.6 Å². The van der Waals surface area contributed by atoms with Gasteiger partial charge in [0.2, 0.25) is 5.91 Å². The maximum Gasteiger partial charge on any atom is 0.279 e. The number of carbonyl (C=O) groups is 1. The Balaban J connectivity index is 1.71. The summed E-state index contributed by atoms with van der Waals surface area (Å²) in [6.45, 7) is 3.85. The number of hydrogen-bond acceptors (Lipinski definition) is 6. The van der Waals surface area contributed by atoms with Crippen molar-refractivity contribution in [3.05, 3.63) is 75.3 Å². The zero-order valence-electron chi connectivity index (χ0n) is 19.4. The molecule has 0 radical (unpaired) electrons. The van der Waals surface area contributed by atoms with Crippen molar-refractivity contribution in [2.24, 2.45) is 7.05 Å². The van der Waals surface area contributed by atoms with E-state index in [1.807, 2.05) is 19.9 Å². The Bertz CT molecular complexity index is 1290. The fraction of sp³-hybridized carbons (Fsp3) is 0.320. The number of hydrogen-bond donors (Lipinski definition) is 1. The highest BCUT2D eigenvalue weighted by molar-refractivity contribution is 7.98. The molecule has 0 saturated heterocycles. The molecule has 0 fully saturated rings. The van der Waals surface area contributed by atoms with Gasteiger partial charge in [-0.15, -0.1) is 0 Å². The van der Waals surface area contributed by atoms with Gasteiger partial charge in [-0.3, -0.25) is 9.59 Å². The molecule has 0 aliphatic carbocycles. The zero-order chi connectivity index (χ0) is 24.4. The first kappa shape index (κ1) is 23.8. The van der Waals surface area contributed by atoms with Gasteiger partial charge in [-0.1, -0.05) is 36.0 Å². The van der Waals surface area contributed by atoms with E-state index >= 15 is 0 Å². The number of anilines is 1. The van der Waals surface area contributed by atoms with Crippen molar-refractivity contribution in [2.45, 2.75) is 43.2 Å². The van der Waals surface area contributed by atoms with Crippen LogP contribution in [0.2, 0.25) is 0 Å². The quantitative estimate of drug-likeness (QED) is 0.394. The molecule has 9 heteroatoms. The highest BCUT2D eigenvalue weighted by Gasteiger charge is 2.32. The number of aromatic nitrogens is 2. The lowest BCUT2D eigenvalue weighted by Crippen LogP contribution is -2.33. The predicted octanol–water partition coefficient (Wildman–Crippen LogP) is 4.48. The van der Waals surface area contributed by atoms with E-state index in [1.165, 1.54) is 17.8 Å². The average molecular weight is 484 g/mol. The van der Waals surface area contributed by atoms with Gasteiger partial charge in [-0.25, -0.2) is 4.39 Å². The normalized spacial score (nSPS) is 15.1. The molecule has 0 spiro atoms. The molecule has 1 aliphatic heterocycles. The lowest BCUT2D eigenvalue weighted by molar-refractivity contribution is -0.116. The third-order valence-electron chi connectivity index (χ3n) is 5.57. The molecule has 0 bridgehead atoms. The molecule has 2 heterocycles. The second kappa shape index (κ2) is 9.89. The summed E-state index contributed by atoms with van der Waals surface area (Å²) in [7, 11) is 3.28. The number of benzene rings is 2. The number of thioether (sulfide) groups is 1. The molecule has 178 valence electrons. The Morgan fingerprint density at radius 1 is 1.21 bits per heavy atom. The summed E-state index contributed by atoms with van der Waals surface area (Å²) in [6.07, 6.45) is 0.0804. The molecule has 7 nitrogen and oxygen atoms in total. The second-order valence-electron chi connectivity index (χ2n) is 8.28. The Labute approximate surface area is 201 Å². The first-order valence-electron chi connectivity index (χ1n) is 10.9. The molecule has 1 atom stereocenters. The van der Waals surface area contributed by atoms with Crippen LogP contribution >= 0.6 is 11.8 Å². The Morgan fingerprint density at radius 2 is 1.97 bits per heavy atom. The van der Waals surface area contributed by atoms with E-state index in [1.54, 1.807) is 49.1 Å². The topological polar surface area (TPSA) is 82.5 Å². The number of rotatable bonds is 7. The van der Waals surface area contributed by atoms with Crippen LogP contribution in [0.5, 0.6) is 11.5 Å². The summed E-state index contributed by atoms with van der Waals surface area (Å²) in [5.74, 6) is 0.822. The van der Waals surface area contributed by atoms with Crippen LogP contribution in [0, 0.1) is 5.82 Å². The molecular weight excluding hydrogens is 457 g/mol. The number of carbonyl (C=O) groups excluding carboxylic acids is 1. The van der Waals surface area contributed by atoms with Gasteiger partial charge in [0.25, 0.3) is 5.56 Å². The minimum atomic E-state index is -0.484. The maximum atomic E-state index is 14.0. The summed E-state index contributed by atoms with van der Waals surface area (Å²) in [4.78, 5) is 30.0. The van der Waals surface area contributed by atoms with Crippen molar-refractivity contribution in [3.63, 3.8) is 0 Å². The number of fused-ring (bicyclic) bond motifs is 1. The van der Waals surface area contributed by atoms with Gasteiger partial charge in [0.05, 0.1) is 18.8 Å². The first-order chi connectivity index (χ1) is 16.3. The Kier molecular flexibility index (Phi) is 6.92. The molecule has 0 saturated carbocycles. The van der Waals surface area contributed by atoms with Crippen molar-refractivity contribution >= 4 is 23.5 Å². The molecule has 1 aliphatic rings. The molecule has 1 amide bonds. The summed E-state index contributed by atoms with van der Waals surface area (Å²) in [5, 5.41) is 3.22. The van der Waals surface area contributed by atoms with Gasteiger partial charge >= 0.3 is 0 Å². The molecule has 1 N–H and O–H groups in total. The fourth-order valence-corrected chi connectivity index (χ4v) is 4.91. The summed E-state index contributed by atoms with van der Waals surface area (Å²) in [5.41, 5.74) is 1.26. The molecular formula is C25H26FN3O4S. The van der Waals surface area contributed by atoms with Crippen LogP contribution in [0.15, 0.2) is 52.4 Å². The number of nitrogens with zero attached hydrogens (tertiary/aromatic N) is 2. The number of nitrogens with one attached hydrogen (secondary N) is 1. The second-order valence-corrected chi connectivity index (χ2v) is 9.23. The summed E-state index contributed by atoms with van der Waals surface area (Å²) in [6, 6.07) is 11.9. The number of halogens is 1. The molecule has 1 aromatic heterocycles. The van der Waals surface area contributed by atoms with Crippen molar-refractivity contribution < 1.29 is 18.7 Å². The highest BCUT2D eigenvalue weighted by atomic mass is 32.2. The van der Waals surface area contributed by atoms with E-state index in [0.29, 0.717) is 39.4 Å². The van der Waals surface area contributed by atoms with E-state index in [0.717, 1.165) is 5.56 Å². The van der Waals surface area contributed by atoms with Crippen molar-refractivity contribution in [1.29, 1.82) is 0 Å². The monoisotopic (exact) mass is 483 g/mol. The minimum absolute atomic E-state index is 0.0299. The van der Waals surface area contributed by atoms with Gasteiger partial charge in [0.15, 0.2) is 16.7 Å². The lowest BCUT2D eigenvalue weighted by Gasteiger charge is -2.28. The van der Waals surface area contributed by atoms with Crippen LogP contribution < -0.4 is 20.3 Å². The van der Waals surface area contributed by atoms with Crippen LogP contribution in [-0.4, -0.2) is 28.7 Å². The van der Waals surface area contributed by atoms with E-state index in [-0.39, 0.29) is 24.2 Å². The minimum Gasteiger partial charge on any atom is -0.493 e. The average Bonchev–Trinajstić information content (AvgIpc) is 2.80. The van der Waals surface area contributed by atoms with E-state index < -0.39 is 11.5 Å². The third kappa shape index (κ3) is 4.79. The molecule has 4 rings (SSSR count). The maximum absolute atomic E-state index is 14.0. The van der Waals surface area contributed by atoms with E-state index in [9.17, 15) is 14.0 Å². The van der Waals surface area contributed by atoms with Gasteiger partial charge in [0.1, 0.15) is 11.6 Å². The van der Waals surface area contributed by atoms with Crippen LogP contribution in [0.1, 0.15) is 42.9 Å². The Morgan fingerprint density at radius 3 is 2.68 bits per heavy atom. The number of methoxy groups -OCH3 is 1. The predicted molar refractivity (Wildman–Crippen MR) is 129 cm³/mol. The highest BCUT2D eigenvalue weighted by Crippen LogP contribution is 2.39. The lowest BCUT2D eigenvalue weighted by atomic mass is 9.86. The summed E-state index contributed by atoms with van der Waals surface area (Å²) >= 11 is 1.24. The fourth-order valence-electron chi connectivity index (χ4n) is 3.96. The van der Waals surface area contributed by atoms with Gasteiger partial charge in [-0.2, -0.15) is 4.98 Å². The van der Waals surface area contributed by atoms with Gasteiger partial charge in [0, 0.05) is 25.1 Å². The standard InChI is InChI=1S/C25H26FN3O4S/c1-14(2)33-19-10-9-15(11-20(19)32-4)17-12-21(30)27-23-22(17)24(31)28-25(29(23)3)34-13-16-7-5-6-8-18(16)26/h5-11,14,17H,12-13H2,1-4H3,(H,27,30)/t17-/m0/s1. The van der Waals surface area contributed by atoms with Crippen molar-refractivity contribution in [2.75, 3.05) is 12.4 Å². The van der Waals surface area contributed by atoms with Crippen LogP contribution in [0.4, 0.5) is 10.2 Å². The smallest absolute Gasteiger partial charge is 0.279 e.